The highest BCUT2D eigenvalue weighted by molar-refractivity contribution is 5.79. The number of benzene rings is 2. The first-order chi connectivity index (χ1) is 12.8. The number of aromatic nitrogens is 2. The van der Waals surface area contributed by atoms with E-state index in [4.69, 9.17) is 9.94 Å². The van der Waals surface area contributed by atoms with Crippen LogP contribution in [0.1, 0.15) is 32.1 Å². The number of carbonyl (C=O) groups is 1. The fraction of sp³-hybridized carbons (Fsp3) is 0.300. The van der Waals surface area contributed by atoms with Crippen LogP contribution < -0.4 is 10.2 Å². The molecule has 0 aliphatic rings. The Labute approximate surface area is 152 Å². The summed E-state index contributed by atoms with van der Waals surface area (Å²) in [6.07, 6.45) is 4.02. The van der Waals surface area contributed by atoms with Crippen molar-refractivity contribution >= 4 is 16.9 Å². The number of H-pyrrole nitrogens is 1. The van der Waals surface area contributed by atoms with Crippen molar-refractivity contribution in [3.05, 3.63) is 48.5 Å². The molecule has 6 heteroatoms. The predicted octanol–water partition coefficient (Wildman–Crippen LogP) is 4.06. The van der Waals surface area contributed by atoms with Crippen molar-refractivity contribution in [3.8, 4) is 17.1 Å². The number of para-hydroxylation sites is 2. The molecule has 1 heterocycles. The molecule has 3 N–H and O–H groups in total. The van der Waals surface area contributed by atoms with Crippen LogP contribution in [0.15, 0.2) is 48.5 Å². The van der Waals surface area contributed by atoms with E-state index in [0.29, 0.717) is 13.0 Å². The van der Waals surface area contributed by atoms with E-state index >= 15 is 0 Å². The molecule has 1 aromatic heterocycles. The summed E-state index contributed by atoms with van der Waals surface area (Å²) in [6, 6.07) is 15.9. The van der Waals surface area contributed by atoms with Crippen molar-refractivity contribution in [2.24, 2.45) is 0 Å². The summed E-state index contributed by atoms with van der Waals surface area (Å²) < 4.78 is 5.75. The summed E-state index contributed by atoms with van der Waals surface area (Å²) in [5, 5.41) is 8.41. The van der Waals surface area contributed by atoms with Gasteiger partial charge in [0.15, 0.2) is 0 Å². The van der Waals surface area contributed by atoms with E-state index in [0.717, 1.165) is 53.9 Å². The second-order valence-corrected chi connectivity index (χ2v) is 6.17. The Hall–Kier alpha value is -2.86. The first kappa shape index (κ1) is 17.9. The summed E-state index contributed by atoms with van der Waals surface area (Å²) in [7, 11) is 0. The number of hydrogen-bond donors (Lipinski definition) is 3. The molecule has 0 aliphatic heterocycles. The number of amides is 1. The number of hydroxylamine groups is 1. The molecule has 0 aliphatic carbocycles. The van der Waals surface area contributed by atoms with Crippen molar-refractivity contribution in [2.45, 2.75) is 32.1 Å². The molecule has 136 valence electrons. The van der Waals surface area contributed by atoms with Crippen LogP contribution >= 0.6 is 0 Å². The number of aromatic amines is 1. The Morgan fingerprint density at radius 2 is 1.81 bits per heavy atom. The number of unbranched alkanes of at least 4 members (excludes halogenated alkanes) is 3. The molecule has 3 rings (SSSR count). The van der Waals surface area contributed by atoms with Crippen LogP contribution in [0.5, 0.6) is 5.75 Å². The first-order valence-corrected chi connectivity index (χ1v) is 8.87. The molecule has 0 radical (unpaired) electrons. The van der Waals surface area contributed by atoms with E-state index in [-0.39, 0.29) is 5.91 Å². The van der Waals surface area contributed by atoms with E-state index in [1.54, 1.807) is 5.48 Å². The van der Waals surface area contributed by atoms with E-state index < -0.39 is 0 Å². The average molecular weight is 353 g/mol. The van der Waals surface area contributed by atoms with Crippen LogP contribution in [0.3, 0.4) is 0 Å². The van der Waals surface area contributed by atoms with Gasteiger partial charge in [-0.2, -0.15) is 0 Å². The molecule has 0 bridgehead atoms. The lowest BCUT2D eigenvalue weighted by Crippen LogP contribution is -2.17. The molecule has 0 spiro atoms. The van der Waals surface area contributed by atoms with Gasteiger partial charge in [-0.05, 0) is 49.2 Å². The fourth-order valence-electron chi connectivity index (χ4n) is 2.79. The number of rotatable bonds is 9. The summed E-state index contributed by atoms with van der Waals surface area (Å²) in [5.74, 6) is 1.36. The maximum absolute atomic E-state index is 10.9. The zero-order valence-electron chi connectivity index (χ0n) is 14.6. The van der Waals surface area contributed by atoms with Gasteiger partial charge in [0.1, 0.15) is 11.6 Å². The van der Waals surface area contributed by atoms with Gasteiger partial charge in [0.2, 0.25) is 5.91 Å². The Balaban J connectivity index is 1.42. The highest BCUT2D eigenvalue weighted by Crippen LogP contribution is 2.23. The minimum Gasteiger partial charge on any atom is -0.494 e. The monoisotopic (exact) mass is 353 g/mol. The van der Waals surface area contributed by atoms with Crippen LogP contribution in [0.2, 0.25) is 0 Å². The second-order valence-electron chi connectivity index (χ2n) is 6.17. The lowest BCUT2D eigenvalue weighted by atomic mass is 10.1. The quantitative estimate of drug-likeness (QED) is 0.307. The lowest BCUT2D eigenvalue weighted by Gasteiger charge is -2.06. The maximum atomic E-state index is 10.9. The molecule has 0 saturated heterocycles. The van der Waals surface area contributed by atoms with Gasteiger partial charge in [-0.1, -0.05) is 25.0 Å². The Morgan fingerprint density at radius 3 is 2.58 bits per heavy atom. The highest BCUT2D eigenvalue weighted by Gasteiger charge is 2.05. The normalized spacial score (nSPS) is 10.8. The Morgan fingerprint density at radius 1 is 1.04 bits per heavy atom. The van der Waals surface area contributed by atoms with Crippen LogP contribution in [0, 0.1) is 0 Å². The van der Waals surface area contributed by atoms with Gasteiger partial charge < -0.3 is 9.72 Å². The molecule has 0 fully saturated rings. The van der Waals surface area contributed by atoms with Crippen LogP contribution in [0.4, 0.5) is 0 Å². The number of fused-ring (bicyclic) bond motifs is 1. The van der Waals surface area contributed by atoms with E-state index in [2.05, 4.69) is 9.97 Å². The molecule has 0 unspecified atom stereocenters. The van der Waals surface area contributed by atoms with Gasteiger partial charge >= 0.3 is 0 Å². The minimum atomic E-state index is -0.328. The standard InChI is InChI=1S/C20H23N3O3/c24-19(23-25)9-3-1-2-6-14-26-16-12-10-15(11-13-16)20-21-17-7-4-5-8-18(17)22-20/h4-5,7-8,10-13,25H,1-3,6,9,14H2,(H,21,22)(H,23,24). The highest BCUT2D eigenvalue weighted by atomic mass is 16.5. The van der Waals surface area contributed by atoms with Crippen LogP contribution in [-0.4, -0.2) is 27.7 Å². The molecule has 3 aromatic rings. The number of nitrogens with zero attached hydrogens (tertiary/aromatic N) is 1. The van der Waals surface area contributed by atoms with Gasteiger partial charge in [-0.25, -0.2) is 10.5 Å². The smallest absolute Gasteiger partial charge is 0.243 e. The van der Waals surface area contributed by atoms with E-state index in [9.17, 15) is 4.79 Å². The first-order valence-electron chi connectivity index (χ1n) is 8.87. The van der Waals surface area contributed by atoms with Crippen molar-refractivity contribution in [3.63, 3.8) is 0 Å². The third-order valence-corrected chi connectivity index (χ3v) is 4.21. The molecule has 0 saturated carbocycles. The predicted molar refractivity (Wildman–Crippen MR) is 100 cm³/mol. The zero-order valence-corrected chi connectivity index (χ0v) is 14.6. The maximum Gasteiger partial charge on any atom is 0.243 e. The SMILES string of the molecule is O=C(CCCCCCOc1ccc(-c2nc3ccccc3[nH]2)cc1)NO. The molecule has 1 amide bonds. The molecule has 0 atom stereocenters. The van der Waals surface area contributed by atoms with Crippen molar-refractivity contribution < 1.29 is 14.7 Å². The molecular formula is C20H23N3O3. The van der Waals surface area contributed by atoms with Crippen molar-refractivity contribution in [1.29, 1.82) is 0 Å². The van der Waals surface area contributed by atoms with Gasteiger partial charge in [0, 0.05) is 12.0 Å². The largest absolute Gasteiger partial charge is 0.494 e. The van der Waals surface area contributed by atoms with Gasteiger partial charge in [-0.3, -0.25) is 10.0 Å². The molecule has 26 heavy (non-hydrogen) atoms. The van der Waals surface area contributed by atoms with Crippen LogP contribution in [-0.2, 0) is 4.79 Å². The fourth-order valence-corrected chi connectivity index (χ4v) is 2.79. The lowest BCUT2D eigenvalue weighted by molar-refractivity contribution is -0.129. The zero-order chi connectivity index (χ0) is 18.2. The summed E-state index contributed by atoms with van der Waals surface area (Å²) in [5.41, 5.74) is 4.65. The Kier molecular flexibility index (Phi) is 6.22. The number of ether oxygens (including phenoxy) is 1. The Bertz CT molecular complexity index is 810. The molecule has 6 nitrogen and oxygen atoms in total. The molecule has 2 aromatic carbocycles. The van der Waals surface area contributed by atoms with Crippen molar-refractivity contribution in [2.75, 3.05) is 6.61 Å². The number of carbonyl (C=O) groups excluding carboxylic acids is 1. The molecular weight excluding hydrogens is 330 g/mol. The van der Waals surface area contributed by atoms with Gasteiger partial charge in [-0.15, -0.1) is 0 Å². The number of imidazole rings is 1. The van der Waals surface area contributed by atoms with Crippen LogP contribution in [0.25, 0.3) is 22.4 Å². The van der Waals surface area contributed by atoms with Crippen molar-refractivity contribution in [1.82, 2.24) is 15.4 Å². The summed E-state index contributed by atoms with van der Waals surface area (Å²) in [4.78, 5) is 18.8. The van der Waals surface area contributed by atoms with E-state index in [1.165, 1.54) is 0 Å². The third-order valence-electron chi connectivity index (χ3n) is 4.21. The number of nitrogens with one attached hydrogen (secondary N) is 2. The van der Waals surface area contributed by atoms with Gasteiger partial charge in [0.25, 0.3) is 0 Å². The summed E-state index contributed by atoms with van der Waals surface area (Å²) in [6.45, 7) is 0.649. The second kappa shape index (κ2) is 9.01. The number of hydrogen-bond acceptors (Lipinski definition) is 4. The average Bonchev–Trinajstić information content (AvgIpc) is 3.11. The summed E-state index contributed by atoms with van der Waals surface area (Å²) >= 11 is 0. The topological polar surface area (TPSA) is 87.2 Å². The van der Waals surface area contributed by atoms with Gasteiger partial charge in [0.05, 0.1) is 17.6 Å². The third kappa shape index (κ3) is 4.83. The minimum absolute atomic E-state index is 0.328. The van der Waals surface area contributed by atoms with E-state index in [1.807, 2.05) is 48.5 Å².